The first-order valence-corrected chi connectivity index (χ1v) is 9.73. The standard InChI is InChI=1S/C17H20ClN3O3S.ClH/c1-19-12-13(22)10-11-20-16-8-4-5-9-17(16)21(25(20,23)24)15-7-3-2-6-14(15)18;/h2-9,13,19,22H,10-12H2,1H3;1H/t13-;/m1./s1. The zero-order valence-electron chi connectivity index (χ0n) is 14.2. The van der Waals surface area contributed by atoms with Crippen molar-refractivity contribution in [2.45, 2.75) is 12.5 Å². The van der Waals surface area contributed by atoms with Gasteiger partial charge in [-0.15, -0.1) is 12.4 Å². The van der Waals surface area contributed by atoms with Crippen LogP contribution in [0, 0.1) is 0 Å². The highest BCUT2D eigenvalue weighted by molar-refractivity contribution is 7.95. The number of fused-ring (bicyclic) bond motifs is 1. The molecule has 1 aliphatic heterocycles. The normalized spacial score (nSPS) is 16.1. The molecule has 142 valence electrons. The van der Waals surface area contributed by atoms with Gasteiger partial charge in [-0.25, -0.2) is 4.31 Å². The highest BCUT2D eigenvalue weighted by Crippen LogP contribution is 2.46. The summed E-state index contributed by atoms with van der Waals surface area (Å²) in [6.45, 7) is 0.590. The Morgan fingerprint density at radius 1 is 1.08 bits per heavy atom. The molecule has 0 saturated carbocycles. The molecule has 0 aromatic heterocycles. The minimum absolute atomic E-state index is 0. The lowest BCUT2D eigenvalue weighted by Gasteiger charge is -2.23. The van der Waals surface area contributed by atoms with Crippen LogP contribution in [0.25, 0.3) is 0 Å². The van der Waals surface area contributed by atoms with Gasteiger partial charge >= 0.3 is 10.2 Å². The van der Waals surface area contributed by atoms with Gasteiger partial charge in [0.15, 0.2) is 0 Å². The van der Waals surface area contributed by atoms with Crippen molar-refractivity contribution in [2.24, 2.45) is 0 Å². The Bertz CT molecular complexity index is 864. The fourth-order valence-corrected chi connectivity index (χ4v) is 4.92. The zero-order chi connectivity index (χ0) is 18.0. The molecule has 2 aromatic carbocycles. The van der Waals surface area contributed by atoms with Crippen molar-refractivity contribution >= 4 is 51.3 Å². The lowest BCUT2D eigenvalue weighted by atomic mass is 10.2. The van der Waals surface area contributed by atoms with Crippen LogP contribution in [0.3, 0.4) is 0 Å². The van der Waals surface area contributed by atoms with E-state index in [-0.39, 0.29) is 19.0 Å². The summed E-state index contributed by atoms with van der Waals surface area (Å²) in [6.07, 6.45) is -0.299. The Kier molecular flexibility index (Phi) is 6.76. The van der Waals surface area contributed by atoms with Gasteiger partial charge < -0.3 is 10.4 Å². The van der Waals surface area contributed by atoms with E-state index in [1.54, 1.807) is 55.6 Å². The van der Waals surface area contributed by atoms with Gasteiger partial charge in [-0.2, -0.15) is 8.42 Å². The zero-order valence-corrected chi connectivity index (χ0v) is 16.6. The lowest BCUT2D eigenvalue weighted by Crippen LogP contribution is -2.38. The van der Waals surface area contributed by atoms with Gasteiger partial charge in [-0.3, -0.25) is 4.31 Å². The average molecular weight is 418 g/mol. The Hall–Kier alpha value is -1.51. The Labute approximate surface area is 165 Å². The van der Waals surface area contributed by atoms with Crippen molar-refractivity contribution in [3.05, 3.63) is 53.6 Å². The number of likely N-dealkylation sites (N-methyl/N-ethyl adjacent to an activating group) is 1. The molecule has 3 rings (SSSR count). The van der Waals surface area contributed by atoms with E-state index in [1.807, 2.05) is 0 Å². The van der Waals surface area contributed by atoms with E-state index in [2.05, 4.69) is 5.32 Å². The van der Waals surface area contributed by atoms with Gasteiger partial charge in [0.1, 0.15) is 0 Å². The van der Waals surface area contributed by atoms with Crippen LogP contribution in [-0.4, -0.2) is 39.8 Å². The number of benzene rings is 2. The quantitative estimate of drug-likeness (QED) is 0.757. The molecule has 0 aliphatic carbocycles. The second-order valence-corrected chi connectivity index (χ2v) is 7.89. The summed E-state index contributed by atoms with van der Waals surface area (Å²) in [5.74, 6) is 0. The summed E-state index contributed by atoms with van der Waals surface area (Å²) >= 11 is 6.24. The van der Waals surface area contributed by atoms with Gasteiger partial charge in [0, 0.05) is 13.1 Å². The fraction of sp³-hybridized carbons (Fsp3) is 0.294. The number of aliphatic hydroxyl groups excluding tert-OH is 1. The number of hydrogen-bond acceptors (Lipinski definition) is 4. The maximum atomic E-state index is 13.2. The van der Waals surface area contributed by atoms with E-state index in [9.17, 15) is 13.5 Å². The predicted molar refractivity (Wildman–Crippen MR) is 108 cm³/mol. The third-order valence-electron chi connectivity index (χ3n) is 4.05. The average Bonchev–Trinajstić information content (AvgIpc) is 2.80. The highest BCUT2D eigenvalue weighted by atomic mass is 35.5. The van der Waals surface area contributed by atoms with Gasteiger partial charge in [0.2, 0.25) is 0 Å². The number of rotatable bonds is 6. The number of nitrogens with one attached hydrogen (secondary N) is 1. The van der Waals surface area contributed by atoms with Crippen molar-refractivity contribution in [2.75, 3.05) is 28.7 Å². The monoisotopic (exact) mass is 417 g/mol. The van der Waals surface area contributed by atoms with Crippen LogP contribution in [0.1, 0.15) is 6.42 Å². The molecule has 0 saturated heterocycles. The van der Waals surface area contributed by atoms with Crippen molar-refractivity contribution in [3.63, 3.8) is 0 Å². The molecule has 0 amide bonds. The van der Waals surface area contributed by atoms with Gasteiger partial charge in [-0.05, 0) is 37.7 Å². The summed E-state index contributed by atoms with van der Waals surface area (Å²) < 4.78 is 28.9. The van der Waals surface area contributed by atoms with Crippen LogP contribution < -0.4 is 13.9 Å². The number of anilines is 3. The predicted octanol–water partition coefficient (Wildman–Crippen LogP) is 2.94. The molecule has 0 unspecified atom stereocenters. The van der Waals surface area contributed by atoms with Crippen LogP contribution in [0.4, 0.5) is 17.1 Å². The first-order valence-electron chi connectivity index (χ1n) is 7.96. The highest BCUT2D eigenvalue weighted by Gasteiger charge is 2.41. The van der Waals surface area contributed by atoms with Crippen LogP contribution in [0.5, 0.6) is 0 Å². The molecule has 2 N–H and O–H groups in total. The summed E-state index contributed by atoms with van der Waals surface area (Å²) in [7, 11) is -2.08. The third kappa shape index (κ3) is 3.77. The first-order chi connectivity index (χ1) is 12.0. The van der Waals surface area contributed by atoms with E-state index in [4.69, 9.17) is 11.6 Å². The fourth-order valence-electron chi connectivity index (χ4n) is 2.90. The molecule has 6 nitrogen and oxygen atoms in total. The number of nitrogens with zero attached hydrogens (tertiary/aromatic N) is 2. The SMILES string of the molecule is CNC[C@H](O)CCN1c2ccccc2N(c2ccccc2Cl)S1(=O)=O.Cl. The number of hydrogen-bond donors (Lipinski definition) is 2. The lowest BCUT2D eigenvalue weighted by molar-refractivity contribution is 0.167. The first kappa shape index (κ1) is 20.8. The molecule has 26 heavy (non-hydrogen) atoms. The summed E-state index contributed by atoms with van der Waals surface area (Å²) in [4.78, 5) is 0. The van der Waals surface area contributed by atoms with Crippen molar-refractivity contribution in [1.29, 1.82) is 0 Å². The molecule has 0 spiro atoms. The third-order valence-corrected chi connectivity index (χ3v) is 6.17. The molecular weight excluding hydrogens is 397 g/mol. The molecule has 1 aliphatic rings. The van der Waals surface area contributed by atoms with Crippen LogP contribution in [0.15, 0.2) is 48.5 Å². The molecular formula is C17H21Cl2N3O3S. The molecule has 2 aromatic rings. The van der Waals surface area contributed by atoms with E-state index in [1.165, 1.54) is 8.61 Å². The second kappa shape index (κ2) is 8.45. The van der Waals surface area contributed by atoms with Gasteiger partial charge in [0.05, 0.1) is 28.2 Å². The Morgan fingerprint density at radius 3 is 2.27 bits per heavy atom. The molecule has 1 atom stereocenters. The molecule has 1 heterocycles. The number of aliphatic hydroxyl groups is 1. The molecule has 0 bridgehead atoms. The van der Waals surface area contributed by atoms with Gasteiger partial charge in [0.25, 0.3) is 0 Å². The molecule has 0 fully saturated rings. The minimum atomic E-state index is -3.82. The summed E-state index contributed by atoms with van der Waals surface area (Å²) in [5.41, 5.74) is 1.55. The largest absolute Gasteiger partial charge is 0.392 e. The van der Waals surface area contributed by atoms with E-state index in [0.717, 1.165) is 0 Å². The van der Waals surface area contributed by atoms with Crippen molar-refractivity contribution < 1.29 is 13.5 Å². The van der Waals surface area contributed by atoms with Crippen LogP contribution in [0.2, 0.25) is 5.02 Å². The second-order valence-electron chi connectivity index (χ2n) is 5.78. The molecule has 9 heteroatoms. The number of para-hydroxylation sites is 3. The summed E-state index contributed by atoms with van der Waals surface area (Å²) in [5, 5.41) is 13.2. The van der Waals surface area contributed by atoms with Crippen LogP contribution in [-0.2, 0) is 10.2 Å². The maximum Gasteiger partial charge on any atom is 0.331 e. The number of halogens is 2. The van der Waals surface area contributed by atoms with E-state index < -0.39 is 16.3 Å². The smallest absolute Gasteiger partial charge is 0.331 e. The minimum Gasteiger partial charge on any atom is -0.392 e. The maximum absolute atomic E-state index is 13.2. The van der Waals surface area contributed by atoms with Crippen molar-refractivity contribution in [3.8, 4) is 0 Å². The van der Waals surface area contributed by atoms with E-state index >= 15 is 0 Å². The van der Waals surface area contributed by atoms with Crippen LogP contribution >= 0.6 is 24.0 Å². The Morgan fingerprint density at radius 2 is 1.65 bits per heavy atom. The topological polar surface area (TPSA) is 72.9 Å². The molecule has 0 radical (unpaired) electrons. The van der Waals surface area contributed by atoms with Crippen molar-refractivity contribution in [1.82, 2.24) is 5.32 Å². The van der Waals surface area contributed by atoms with Gasteiger partial charge in [-0.1, -0.05) is 35.9 Å². The Balaban J connectivity index is 0.00000243. The van der Waals surface area contributed by atoms with E-state index in [0.29, 0.717) is 35.1 Å². The summed E-state index contributed by atoms with van der Waals surface area (Å²) in [6, 6.07) is 13.9.